The van der Waals surface area contributed by atoms with Gasteiger partial charge in [0.25, 0.3) is 0 Å². The van der Waals surface area contributed by atoms with Gasteiger partial charge in [0.1, 0.15) is 13.2 Å². The first-order valence-electron chi connectivity index (χ1n) is 7.02. The summed E-state index contributed by atoms with van der Waals surface area (Å²) in [6.45, 7) is 6.08. The zero-order valence-electron chi connectivity index (χ0n) is 12.2. The van der Waals surface area contributed by atoms with E-state index in [1.807, 2.05) is 12.1 Å². The van der Waals surface area contributed by atoms with E-state index in [-0.39, 0.29) is 0 Å². The van der Waals surface area contributed by atoms with Crippen LogP contribution in [0.15, 0.2) is 30.3 Å². The summed E-state index contributed by atoms with van der Waals surface area (Å²) in [5, 5.41) is 4.02. The van der Waals surface area contributed by atoms with Crippen LogP contribution in [0, 0.1) is 13.8 Å². The fourth-order valence-corrected chi connectivity index (χ4v) is 2.60. The lowest BCUT2D eigenvalue weighted by atomic mass is 10.1. The van der Waals surface area contributed by atoms with Gasteiger partial charge in [-0.3, -0.25) is 0 Å². The molecule has 1 aliphatic heterocycles. The van der Waals surface area contributed by atoms with Gasteiger partial charge in [0.15, 0.2) is 11.5 Å². The van der Waals surface area contributed by atoms with Gasteiger partial charge in [-0.25, -0.2) is 0 Å². The number of hydrogen-bond acceptors (Lipinski definition) is 3. The van der Waals surface area contributed by atoms with E-state index < -0.39 is 0 Å². The van der Waals surface area contributed by atoms with Gasteiger partial charge in [0.05, 0.1) is 10.7 Å². The van der Waals surface area contributed by atoms with Gasteiger partial charge >= 0.3 is 0 Å². The maximum Gasteiger partial charge on any atom is 0.163 e. The number of nitrogens with one attached hydrogen (secondary N) is 1. The molecule has 0 fully saturated rings. The van der Waals surface area contributed by atoms with Gasteiger partial charge in [-0.15, -0.1) is 0 Å². The smallest absolute Gasteiger partial charge is 0.163 e. The van der Waals surface area contributed by atoms with Gasteiger partial charge in [-0.05, 0) is 25.0 Å². The number of ether oxygens (including phenoxy) is 2. The molecule has 21 heavy (non-hydrogen) atoms. The first-order valence-corrected chi connectivity index (χ1v) is 7.40. The van der Waals surface area contributed by atoms with Crippen LogP contribution in [0.2, 0.25) is 5.02 Å². The number of halogens is 1. The quantitative estimate of drug-likeness (QED) is 0.915. The molecule has 0 radical (unpaired) electrons. The molecule has 0 unspecified atom stereocenters. The Morgan fingerprint density at radius 2 is 1.76 bits per heavy atom. The first kappa shape index (κ1) is 14.1. The minimum Gasteiger partial charge on any atom is -0.486 e. The minimum atomic E-state index is 0.568. The molecule has 1 heterocycles. The molecule has 0 saturated carbocycles. The number of benzene rings is 2. The summed E-state index contributed by atoms with van der Waals surface area (Å²) in [5.41, 5.74) is 4.65. The van der Waals surface area contributed by atoms with Gasteiger partial charge in [-0.2, -0.15) is 0 Å². The van der Waals surface area contributed by atoms with Crippen LogP contribution in [-0.2, 0) is 6.54 Å². The molecule has 110 valence electrons. The maximum atomic E-state index is 6.30. The molecular formula is C17H18ClNO2. The number of hydrogen-bond donors (Lipinski definition) is 1. The van der Waals surface area contributed by atoms with Crippen molar-refractivity contribution < 1.29 is 9.47 Å². The molecule has 1 N–H and O–H groups in total. The van der Waals surface area contributed by atoms with Crippen molar-refractivity contribution in [3.05, 3.63) is 52.0 Å². The summed E-state index contributed by atoms with van der Waals surface area (Å²) >= 11 is 6.30. The minimum absolute atomic E-state index is 0.568. The monoisotopic (exact) mass is 303 g/mol. The molecule has 2 aromatic rings. The molecule has 0 bridgehead atoms. The van der Waals surface area contributed by atoms with Crippen LogP contribution in [-0.4, -0.2) is 13.2 Å². The lowest BCUT2D eigenvalue weighted by Gasteiger charge is -2.20. The summed E-state index contributed by atoms with van der Waals surface area (Å²) in [6.07, 6.45) is 0. The van der Waals surface area contributed by atoms with Crippen molar-refractivity contribution in [2.24, 2.45) is 0 Å². The van der Waals surface area contributed by atoms with Crippen LogP contribution in [0.4, 0.5) is 5.69 Å². The summed E-state index contributed by atoms with van der Waals surface area (Å²) in [5.74, 6) is 1.46. The topological polar surface area (TPSA) is 30.5 Å². The van der Waals surface area contributed by atoms with Crippen molar-refractivity contribution in [3.63, 3.8) is 0 Å². The third-order valence-corrected chi connectivity index (χ3v) is 3.92. The Balaban J connectivity index is 1.80. The molecule has 0 aromatic heterocycles. The highest BCUT2D eigenvalue weighted by Gasteiger charge is 2.15. The largest absolute Gasteiger partial charge is 0.486 e. The van der Waals surface area contributed by atoms with Crippen LogP contribution in [0.5, 0.6) is 11.5 Å². The second-order valence-corrected chi connectivity index (χ2v) is 5.67. The average molecular weight is 304 g/mol. The summed E-state index contributed by atoms with van der Waals surface area (Å²) in [6, 6.07) is 10.2. The van der Waals surface area contributed by atoms with Gasteiger partial charge < -0.3 is 14.8 Å². The number of anilines is 1. The predicted molar refractivity (Wildman–Crippen MR) is 85.7 cm³/mol. The summed E-state index contributed by atoms with van der Waals surface area (Å²) < 4.78 is 11.1. The van der Waals surface area contributed by atoms with Crippen molar-refractivity contribution in [1.29, 1.82) is 0 Å². The number of rotatable bonds is 3. The van der Waals surface area contributed by atoms with Gasteiger partial charge in [0.2, 0.25) is 0 Å². The molecule has 0 spiro atoms. The van der Waals surface area contributed by atoms with E-state index in [1.54, 1.807) is 0 Å². The Morgan fingerprint density at radius 3 is 2.52 bits per heavy atom. The molecule has 2 aromatic carbocycles. The van der Waals surface area contributed by atoms with E-state index in [2.05, 4.69) is 37.4 Å². The van der Waals surface area contributed by atoms with Crippen molar-refractivity contribution in [1.82, 2.24) is 0 Å². The highest BCUT2D eigenvalue weighted by atomic mass is 35.5. The van der Waals surface area contributed by atoms with Crippen LogP contribution >= 0.6 is 11.6 Å². The van der Waals surface area contributed by atoms with Crippen molar-refractivity contribution >= 4 is 17.3 Å². The molecule has 0 aliphatic carbocycles. The van der Waals surface area contributed by atoms with E-state index in [0.717, 1.165) is 18.0 Å². The molecule has 0 atom stereocenters. The Morgan fingerprint density at radius 1 is 1.05 bits per heavy atom. The SMILES string of the molecule is Cc1ccc(C)c(CNc2cc3c(cc2Cl)OCCO3)c1. The van der Waals surface area contributed by atoms with Crippen molar-refractivity contribution in [2.45, 2.75) is 20.4 Å². The van der Waals surface area contributed by atoms with Crippen molar-refractivity contribution in [3.8, 4) is 11.5 Å². The van der Waals surface area contributed by atoms with Gasteiger partial charge in [0, 0.05) is 18.7 Å². The molecular weight excluding hydrogens is 286 g/mol. The third-order valence-electron chi connectivity index (χ3n) is 3.61. The van der Waals surface area contributed by atoms with Gasteiger partial charge in [-0.1, -0.05) is 35.4 Å². The lowest BCUT2D eigenvalue weighted by Crippen LogP contribution is -2.15. The highest BCUT2D eigenvalue weighted by molar-refractivity contribution is 6.33. The van der Waals surface area contributed by atoms with E-state index in [0.29, 0.717) is 24.0 Å². The third kappa shape index (κ3) is 3.08. The van der Waals surface area contributed by atoms with E-state index in [1.165, 1.54) is 16.7 Å². The average Bonchev–Trinajstić information content (AvgIpc) is 2.48. The van der Waals surface area contributed by atoms with Crippen LogP contribution in [0.25, 0.3) is 0 Å². The Bertz CT molecular complexity index is 670. The molecule has 3 nitrogen and oxygen atoms in total. The zero-order chi connectivity index (χ0) is 14.8. The molecule has 1 aliphatic rings. The van der Waals surface area contributed by atoms with E-state index in [4.69, 9.17) is 21.1 Å². The van der Waals surface area contributed by atoms with E-state index >= 15 is 0 Å². The molecule has 4 heteroatoms. The predicted octanol–water partition coefficient (Wildman–Crippen LogP) is 4.34. The Labute approximate surface area is 129 Å². The Hall–Kier alpha value is -1.87. The maximum absolute atomic E-state index is 6.30. The standard InChI is InChI=1S/C17H18ClNO2/c1-11-3-4-12(2)13(7-11)10-19-15-9-17-16(8-14(15)18)20-5-6-21-17/h3-4,7-9,19H,5-6,10H2,1-2H3. The molecule has 3 rings (SSSR count). The van der Waals surface area contributed by atoms with Crippen molar-refractivity contribution in [2.75, 3.05) is 18.5 Å². The summed E-state index contributed by atoms with van der Waals surface area (Å²) in [7, 11) is 0. The number of fused-ring (bicyclic) bond motifs is 1. The first-order chi connectivity index (χ1) is 10.1. The Kier molecular flexibility index (Phi) is 3.93. The van der Waals surface area contributed by atoms with Crippen LogP contribution < -0.4 is 14.8 Å². The summed E-state index contributed by atoms with van der Waals surface area (Å²) in [4.78, 5) is 0. The second kappa shape index (κ2) is 5.86. The normalized spacial score (nSPS) is 13.1. The fraction of sp³-hybridized carbons (Fsp3) is 0.294. The van der Waals surface area contributed by atoms with Crippen LogP contribution in [0.1, 0.15) is 16.7 Å². The number of aryl methyl sites for hydroxylation is 2. The molecule has 0 saturated heterocycles. The van der Waals surface area contributed by atoms with E-state index in [9.17, 15) is 0 Å². The zero-order valence-corrected chi connectivity index (χ0v) is 13.0. The van der Waals surface area contributed by atoms with Crippen LogP contribution in [0.3, 0.4) is 0 Å². The highest BCUT2D eigenvalue weighted by Crippen LogP contribution is 2.38. The fourth-order valence-electron chi connectivity index (χ4n) is 2.38. The molecule has 0 amide bonds. The lowest BCUT2D eigenvalue weighted by molar-refractivity contribution is 0.171. The second-order valence-electron chi connectivity index (χ2n) is 5.26.